The second kappa shape index (κ2) is 4.11. The van der Waals surface area contributed by atoms with Crippen molar-refractivity contribution in [3.63, 3.8) is 0 Å². The summed E-state index contributed by atoms with van der Waals surface area (Å²) in [6, 6.07) is 13.9. The van der Waals surface area contributed by atoms with Gasteiger partial charge in [-0.15, -0.1) is 0 Å². The number of esters is 1. The van der Waals surface area contributed by atoms with E-state index in [-0.39, 0.29) is 5.56 Å². The molecule has 2 aromatic rings. The summed E-state index contributed by atoms with van der Waals surface area (Å²) in [5.74, 6) is -0.792. The highest BCUT2D eigenvalue weighted by atomic mass is 19.1. The molecule has 88 valence electrons. The van der Waals surface area contributed by atoms with Crippen molar-refractivity contribution in [1.82, 2.24) is 0 Å². The molecule has 0 amide bonds. The average Bonchev–Trinajstić information content (AvgIpc) is 2.69. The lowest BCUT2D eigenvalue weighted by Crippen LogP contribution is -1.96. The Bertz CT molecular complexity index is 645. The van der Waals surface area contributed by atoms with Crippen LogP contribution < -0.4 is 0 Å². The van der Waals surface area contributed by atoms with Gasteiger partial charge < -0.3 is 4.74 Å². The van der Waals surface area contributed by atoms with Crippen LogP contribution in [0.5, 0.6) is 0 Å². The van der Waals surface area contributed by atoms with E-state index in [1.807, 2.05) is 30.3 Å². The zero-order valence-corrected chi connectivity index (χ0v) is 9.39. The molecule has 0 atom stereocenters. The van der Waals surface area contributed by atoms with E-state index in [0.29, 0.717) is 11.3 Å². The van der Waals surface area contributed by atoms with Gasteiger partial charge in [-0.25, -0.2) is 9.18 Å². The number of cyclic esters (lactones) is 1. The quantitative estimate of drug-likeness (QED) is 0.713. The zero-order valence-electron chi connectivity index (χ0n) is 9.39. The van der Waals surface area contributed by atoms with Crippen molar-refractivity contribution in [2.24, 2.45) is 0 Å². The highest BCUT2D eigenvalue weighted by molar-refractivity contribution is 6.05. The van der Waals surface area contributed by atoms with E-state index in [0.717, 1.165) is 5.56 Å². The molecule has 1 aliphatic rings. The summed E-state index contributed by atoms with van der Waals surface area (Å²) in [4.78, 5) is 11.6. The summed E-state index contributed by atoms with van der Waals surface area (Å²) in [6.45, 7) is 0. The Balaban J connectivity index is 2.12. The third-order valence-electron chi connectivity index (χ3n) is 2.78. The summed E-state index contributed by atoms with van der Waals surface area (Å²) in [5, 5.41) is 0. The maximum absolute atomic E-state index is 13.5. The number of carbonyl (C=O) groups is 1. The number of ether oxygens (including phenoxy) is 1. The van der Waals surface area contributed by atoms with E-state index < -0.39 is 11.8 Å². The topological polar surface area (TPSA) is 26.3 Å². The summed E-state index contributed by atoms with van der Waals surface area (Å²) >= 11 is 0. The van der Waals surface area contributed by atoms with Gasteiger partial charge in [0.1, 0.15) is 17.1 Å². The maximum atomic E-state index is 13.5. The van der Waals surface area contributed by atoms with Gasteiger partial charge in [-0.1, -0.05) is 42.5 Å². The second-order valence-corrected chi connectivity index (χ2v) is 3.97. The molecule has 0 fully saturated rings. The predicted octanol–water partition coefficient (Wildman–Crippen LogP) is 3.49. The van der Waals surface area contributed by atoms with Crippen molar-refractivity contribution < 1.29 is 13.9 Å². The first-order valence-electron chi connectivity index (χ1n) is 5.53. The monoisotopic (exact) mass is 240 g/mol. The number of carbonyl (C=O) groups excluding carboxylic acids is 1. The molecule has 0 aliphatic carbocycles. The van der Waals surface area contributed by atoms with Crippen molar-refractivity contribution in [3.05, 3.63) is 71.0 Å². The van der Waals surface area contributed by atoms with Gasteiger partial charge in [0, 0.05) is 5.56 Å². The number of hydrogen-bond acceptors (Lipinski definition) is 2. The van der Waals surface area contributed by atoms with Gasteiger partial charge in [0.15, 0.2) is 0 Å². The first-order chi connectivity index (χ1) is 8.75. The molecule has 0 spiro atoms. The van der Waals surface area contributed by atoms with Gasteiger partial charge in [0.25, 0.3) is 0 Å². The smallest absolute Gasteiger partial charge is 0.347 e. The van der Waals surface area contributed by atoms with Crippen LogP contribution >= 0.6 is 0 Å². The number of benzene rings is 2. The van der Waals surface area contributed by atoms with Crippen molar-refractivity contribution in [1.29, 1.82) is 0 Å². The molecule has 0 radical (unpaired) electrons. The second-order valence-electron chi connectivity index (χ2n) is 3.97. The van der Waals surface area contributed by atoms with Crippen LogP contribution in [0.1, 0.15) is 21.5 Å². The van der Waals surface area contributed by atoms with E-state index in [9.17, 15) is 9.18 Å². The summed E-state index contributed by atoms with van der Waals surface area (Å²) < 4.78 is 18.6. The van der Waals surface area contributed by atoms with Gasteiger partial charge in [-0.2, -0.15) is 0 Å². The number of rotatable bonds is 1. The highest BCUT2D eigenvalue weighted by Crippen LogP contribution is 2.32. The van der Waals surface area contributed by atoms with Gasteiger partial charge in [-0.05, 0) is 17.7 Å². The SMILES string of the molecule is O=C1O/C(=C\c2ccccc2)c2cccc(F)c21. The fraction of sp³-hybridized carbons (Fsp3) is 0. The Labute approximate surface area is 103 Å². The van der Waals surface area contributed by atoms with E-state index in [2.05, 4.69) is 0 Å². The summed E-state index contributed by atoms with van der Waals surface area (Å²) in [7, 11) is 0. The molecule has 3 rings (SSSR count). The number of halogens is 1. The molecule has 0 unspecified atom stereocenters. The molecule has 1 aliphatic heterocycles. The standard InChI is InChI=1S/C15H9FO2/c16-12-8-4-7-11-13(18-15(17)14(11)12)9-10-5-2-1-3-6-10/h1-9H/b13-9-. The number of hydrogen-bond donors (Lipinski definition) is 0. The lowest BCUT2D eigenvalue weighted by Gasteiger charge is -1.98. The lowest BCUT2D eigenvalue weighted by molar-refractivity contribution is 0.0713. The molecule has 0 saturated carbocycles. The maximum Gasteiger partial charge on any atom is 0.347 e. The number of fused-ring (bicyclic) bond motifs is 1. The van der Waals surface area contributed by atoms with Crippen LogP contribution in [0.2, 0.25) is 0 Å². The molecule has 0 saturated heterocycles. The Morgan fingerprint density at radius 2 is 1.78 bits per heavy atom. The first-order valence-corrected chi connectivity index (χ1v) is 5.53. The third kappa shape index (κ3) is 1.70. The van der Waals surface area contributed by atoms with Gasteiger partial charge in [0.2, 0.25) is 0 Å². The molecular weight excluding hydrogens is 231 g/mol. The Morgan fingerprint density at radius 1 is 1.00 bits per heavy atom. The highest BCUT2D eigenvalue weighted by Gasteiger charge is 2.29. The first kappa shape index (κ1) is 10.7. The summed E-state index contributed by atoms with van der Waals surface area (Å²) in [6.07, 6.45) is 1.73. The Hall–Kier alpha value is -2.42. The summed E-state index contributed by atoms with van der Waals surface area (Å²) in [5.41, 5.74) is 1.42. The van der Waals surface area contributed by atoms with Crippen molar-refractivity contribution >= 4 is 17.8 Å². The Kier molecular flexibility index (Phi) is 2.45. The minimum Gasteiger partial charge on any atom is -0.422 e. The van der Waals surface area contributed by atoms with E-state index in [1.54, 1.807) is 18.2 Å². The molecular formula is C15H9FO2. The minimum atomic E-state index is -0.634. The molecule has 2 nitrogen and oxygen atoms in total. The van der Waals surface area contributed by atoms with Crippen LogP contribution in [0.15, 0.2) is 48.5 Å². The van der Waals surface area contributed by atoms with Crippen molar-refractivity contribution in [2.45, 2.75) is 0 Å². The largest absolute Gasteiger partial charge is 0.422 e. The molecule has 1 heterocycles. The zero-order chi connectivity index (χ0) is 12.5. The fourth-order valence-corrected chi connectivity index (χ4v) is 1.95. The normalized spacial score (nSPS) is 15.6. The predicted molar refractivity (Wildman–Crippen MR) is 66.1 cm³/mol. The minimum absolute atomic E-state index is 0.0136. The van der Waals surface area contributed by atoms with Gasteiger partial charge >= 0.3 is 5.97 Å². The molecule has 3 heteroatoms. The van der Waals surface area contributed by atoms with E-state index in [4.69, 9.17) is 4.74 Å². The molecule has 0 N–H and O–H groups in total. The van der Waals surface area contributed by atoms with Gasteiger partial charge in [-0.3, -0.25) is 0 Å². The van der Waals surface area contributed by atoms with E-state index in [1.165, 1.54) is 6.07 Å². The van der Waals surface area contributed by atoms with Gasteiger partial charge in [0.05, 0.1) is 0 Å². The molecule has 0 bridgehead atoms. The van der Waals surface area contributed by atoms with Crippen LogP contribution in [0.4, 0.5) is 4.39 Å². The van der Waals surface area contributed by atoms with Crippen LogP contribution in [0, 0.1) is 5.82 Å². The molecule has 0 aromatic heterocycles. The van der Waals surface area contributed by atoms with Crippen LogP contribution in [-0.2, 0) is 4.74 Å². The van der Waals surface area contributed by atoms with Crippen LogP contribution in [-0.4, -0.2) is 5.97 Å². The third-order valence-corrected chi connectivity index (χ3v) is 2.78. The van der Waals surface area contributed by atoms with E-state index >= 15 is 0 Å². The van der Waals surface area contributed by atoms with Crippen LogP contribution in [0.25, 0.3) is 11.8 Å². The molecule has 2 aromatic carbocycles. The van der Waals surface area contributed by atoms with Crippen molar-refractivity contribution in [3.8, 4) is 0 Å². The average molecular weight is 240 g/mol. The Morgan fingerprint density at radius 3 is 2.56 bits per heavy atom. The van der Waals surface area contributed by atoms with Crippen molar-refractivity contribution in [2.75, 3.05) is 0 Å². The fourth-order valence-electron chi connectivity index (χ4n) is 1.95. The van der Waals surface area contributed by atoms with Crippen LogP contribution in [0.3, 0.4) is 0 Å². The lowest BCUT2D eigenvalue weighted by atomic mass is 10.1. The molecule has 18 heavy (non-hydrogen) atoms.